The summed E-state index contributed by atoms with van der Waals surface area (Å²) < 4.78 is 0. The van der Waals surface area contributed by atoms with Crippen molar-refractivity contribution in [2.75, 3.05) is 26.7 Å². The Morgan fingerprint density at radius 1 is 1.27 bits per heavy atom. The zero-order valence-electron chi connectivity index (χ0n) is 14.0. The molecule has 1 amide bonds. The molecule has 1 heterocycles. The molecule has 4 heteroatoms. The van der Waals surface area contributed by atoms with E-state index in [1.165, 1.54) is 23.1 Å². The first-order valence-electron chi connectivity index (χ1n) is 8.08. The van der Waals surface area contributed by atoms with Crippen molar-refractivity contribution in [1.29, 1.82) is 0 Å². The molecule has 1 aliphatic rings. The topological polar surface area (TPSA) is 32.3 Å². The lowest BCUT2D eigenvalue weighted by Gasteiger charge is -2.32. The zero-order valence-corrected chi connectivity index (χ0v) is 14.8. The van der Waals surface area contributed by atoms with Crippen molar-refractivity contribution in [3.05, 3.63) is 34.9 Å². The largest absolute Gasteiger partial charge is 0.342 e. The van der Waals surface area contributed by atoms with Crippen LogP contribution in [0.5, 0.6) is 0 Å². The van der Waals surface area contributed by atoms with Crippen molar-refractivity contribution >= 4 is 18.3 Å². The Kier molecular flexibility index (Phi) is 7.91. The van der Waals surface area contributed by atoms with Gasteiger partial charge in [-0.1, -0.05) is 23.8 Å². The number of halogens is 1. The minimum absolute atomic E-state index is 0. The second-order valence-electron chi connectivity index (χ2n) is 6.32. The van der Waals surface area contributed by atoms with E-state index in [9.17, 15) is 4.79 Å². The number of rotatable bonds is 5. The molecule has 0 atom stereocenters. The molecule has 22 heavy (non-hydrogen) atoms. The van der Waals surface area contributed by atoms with Gasteiger partial charge in [0, 0.05) is 13.1 Å². The fourth-order valence-electron chi connectivity index (χ4n) is 3.08. The monoisotopic (exact) mass is 324 g/mol. The predicted octanol–water partition coefficient (Wildman–Crippen LogP) is 3.12. The lowest BCUT2D eigenvalue weighted by Crippen LogP contribution is -2.39. The Morgan fingerprint density at radius 2 is 1.95 bits per heavy atom. The average molecular weight is 325 g/mol. The third kappa shape index (κ3) is 5.29. The van der Waals surface area contributed by atoms with Crippen LogP contribution in [0.25, 0.3) is 0 Å². The molecular weight excluding hydrogens is 296 g/mol. The third-order valence-electron chi connectivity index (χ3n) is 4.62. The molecule has 0 aliphatic carbocycles. The molecule has 0 unspecified atom stereocenters. The van der Waals surface area contributed by atoms with Gasteiger partial charge in [0.1, 0.15) is 0 Å². The van der Waals surface area contributed by atoms with Crippen LogP contribution in [-0.2, 0) is 11.2 Å². The summed E-state index contributed by atoms with van der Waals surface area (Å²) in [7, 11) is 2.00. The highest BCUT2D eigenvalue weighted by Gasteiger charge is 2.22. The molecule has 1 fully saturated rings. The van der Waals surface area contributed by atoms with Crippen molar-refractivity contribution in [2.24, 2.45) is 5.92 Å². The molecule has 0 spiro atoms. The summed E-state index contributed by atoms with van der Waals surface area (Å²) in [6.45, 7) is 7.12. The van der Waals surface area contributed by atoms with Crippen LogP contribution in [0.4, 0.5) is 0 Å². The zero-order chi connectivity index (χ0) is 15.2. The molecule has 0 bridgehead atoms. The van der Waals surface area contributed by atoms with Gasteiger partial charge in [0.25, 0.3) is 0 Å². The number of amides is 1. The van der Waals surface area contributed by atoms with Gasteiger partial charge in [0.15, 0.2) is 0 Å². The summed E-state index contributed by atoms with van der Waals surface area (Å²) in [5, 5.41) is 3.21. The maximum atomic E-state index is 12.5. The molecular formula is C18H29ClN2O. The summed E-state index contributed by atoms with van der Waals surface area (Å²) in [4.78, 5) is 14.5. The summed E-state index contributed by atoms with van der Waals surface area (Å²) >= 11 is 0. The highest BCUT2D eigenvalue weighted by molar-refractivity contribution is 5.85. The van der Waals surface area contributed by atoms with Crippen LogP contribution in [0.2, 0.25) is 0 Å². The van der Waals surface area contributed by atoms with Crippen molar-refractivity contribution in [1.82, 2.24) is 10.2 Å². The van der Waals surface area contributed by atoms with Crippen molar-refractivity contribution in [3.8, 4) is 0 Å². The number of hydrogen-bond acceptors (Lipinski definition) is 2. The van der Waals surface area contributed by atoms with E-state index in [-0.39, 0.29) is 18.3 Å². The van der Waals surface area contributed by atoms with E-state index in [1.54, 1.807) is 0 Å². The number of carbonyl (C=O) groups excluding carboxylic acids is 1. The molecule has 2 rings (SSSR count). The lowest BCUT2D eigenvalue weighted by molar-refractivity contribution is -0.131. The number of carbonyl (C=O) groups is 1. The van der Waals surface area contributed by atoms with Gasteiger partial charge < -0.3 is 10.2 Å². The number of nitrogens with one attached hydrogen (secondary N) is 1. The van der Waals surface area contributed by atoms with Gasteiger partial charge in [-0.2, -0.15) is 0 Å². The standard InChI is InChI=1S/C18H28N2O.ClH/c1-14-4-5-15(2)17(12-14)13-18(21)20-10-7-16(8-11-20)6-9-19-3;/h4-5,12,16,19H,6-11,13H2,1-3H3;1H. The van der Waals surface area contributed by atoms with E-state index in [1.807, 2.05) is 7.05 Å². The van der Waals surface area contributed by atoms with E-state index in [2.05, 4.69) is 42.3 Å². The Labute approximate surface area is 140 Å². The summed E-state index contributed by atoms with van der Waals surface area (Å²) in [6, 6.07) is 6.37. The average Bonchev–Trinajstić information content (AvgIpc) is 2.49. The Balaban J connectivity index is 0.00000242. The van der Waals surface area contributed by atoms with Gasteiger partial charge in [-0.25, -0.2) is 0 Å². The second kappa shape index (κ2) is 9.16. The molecule has 124 valence electrons. The smallest absolute Gasteiger partial charge is 0.226 e. The molecule has 3 nitrogen and oxygen atoms in total. The van der Waals surface area contributed by atoms with Crippen LogP contribution < -0.4 is 5.32 Å². The van der Waals surface area contributed by atoms with E-state index in [4.69, 9.17) is 0 Å². The van der Waals surface area contributed by atoms with Gasteiger partial charge in [-0.05, 0) is 63.7 Å². The molecule has 0 saturated carbocycles. The van der Waals surface area contributed by atoms with Crippen molar-refractivity contribution in [2.45, 2.75) is 39.5 Å². The normalized spacial score (nSPS) is 15.5. The van der Waals surface area contributed by atoms with Gasteiger partial charge in [0.2, 0.25) is 5.91 Å². The molecule has 0 aromatic heterocycles. The molecule has 1 N–H and O–H groups in total. The minimum Gasteiger partial charge on any atom is -0.342 e. The fourth-order valence-corrected chi connectivity index (χ4v) is 3.08. The highest BCUT2D eigenvalue weighted by Crippen LogP contribution is 2.21. The first kappa shape index (κ1) is 19.0. The Hall–Kier alpha value is -1.06. The first-order valence-corrected chi connectivity index (χ1v) is 8.08. The number of likely N-dealkylation sites (tertiary alicyclic amines) is 1. The van der Waals surface area contributed by atoms with Crippen molar-refractivity contribution in [3.63, 3.8) is 0 Å². The van der Waals surface area contributed by atoms with E-state index in [0.717, 1.165) is 38.4 Å². The van der Waals surface area contributed by atoms with Gasteiger partial charge in [-0.15, -0.1) is 12.4 Å². The summed E-state index contributed by atoms with van der Waals surface area (Å²) in [6.07, 6.45) is 4.09. The molecule has 1 aliphatic heterocycles. The summed E-state index contributed by atoms with van der Waals surface area (Å²) in [5.74, 6) is 1.07. The molecule has 1 aromatic rings. The number of aryl methyl sites for hydroxylation is 2. The maximum absolute atomic E-state index is 12.5. The van der Waals surface area contributed by atoms with E-state index < -0.39 is 0 Å². The van der Waals surface area contributed by atoms with Crippen LogP contribution in [0.1, 0.15) is 36.0 Å². The number of benzene rings is 1. The second-order valence-corrected chi connectivity index (χ2v) is 6.32. The first-order chi connectivity index (χ1) is 10.1. The molecule has 1 saturated heterocycles. The van der Waals surface area contributed by atoms with Crippen LogP contribution in [-0.4, -0.2) is 37.5 Å². The van der Waals surface area contributed by atoms with E-state index >= 15 is 0 Å². The van der Waals surface area contributed by atoms with Gasteiger partial charge >= 0.3 is 0 Å². The fraction of sp³-hybridized carbons (Fsp3) is 0.611. The maximum Gasteiger partial charge on any atom is 0.226 e. The van der Waals surface area contributed by atoms with Crippen LogP contribution in [0.3, 0.4) is 0 Å². The van der Waals surface area contributed by atoms with Crippen LogP contribution in [0, 0.1) is 19.8 Å². The lowest BCUT2D eigenvalue weighted by atomic mass is 9.93. The van der Waals surface area contributed by atoms with Crippen molar-refractivity contribution < 1.29 is 4.79 Å². The minimum atomic E-state index is 0. The van der Waals surface area contributed by atoms with Crippen LogP contribution in [0.15, 0.2) is 18.2 Å². The predicted molar refractivity (Wildman–Crippen MR) is 94.7 cm³/mol. The number of nitrogens with zero attached hydrogens (tertiary/aromatic N) is 1. The number of hydrogen-bond donors (Lipinski definition) is 1. The van der Waals surface area contributed by atoms with Gasteiger partial charge in [-0.3, -0.25) is 4.79 Å². The number of piperidine rings is 1. The Morgan fingerprint density at radius 3 is 2.59 bits per heavy atom. The summed E-state index contributed by atoms with van der Waals surface area (Å²) in [5.41, 5.74) is 3.63. The van der Waals surface area contributed by atoms with E-state index in [0.29, 0.717) is 6.42 Å². The molecule has 1 aromatic carbocycles. The highest BCUT2D eigenvalue weighted by atomic mass is 35.5. The van der Waals surface area contributed by atoms with Crippen LogP contribution >= 0.6 is 12.4 Å². The quantitative estimate of drug-likeness (QED) is 0.902. The third-order valence-corrected chi connectivity index (χ3v) is 4.62. The molecule has 0 radical (unpaired) electrons. The van der Waals surface area contributed by atoms with Gasteiger partial charge in [0.05, 0.1) is 6.42 Å². The SMILES string of the molecule is CNCCC1CCN(C(=O)Cc2cc(C)ccc2C)CC1.Cl. The Bertz CT molecular complexity index is 482.